The first-order valence-electron chi connectivity index (χ1n) is 6.91. The maximum Gasteiger partial charge on any atom is 0.251 e. The van der Waals surface area contributed by atoms with Crippen LogP contribution in [-0.4, -0.2) is 26.2 Å². The lowest BCUT2D eigenvalue weighted by atomic mass is 10.1. The maximum atomic E-state index is 13.4. The van der Waals surface area contributed by atoms with Crippen molar-refractivity contribution in [3.05, 3.63) is 59.4 Å². The van der Waals surface area contributed by atoms with E-state index in [0.717, 1.165) is 5.75 Å². The van der Waals surface area contributed by atoms with Crippen LogP contribution >= 0.6 is 0 Å². The van der Waals surface area contributed by atoms with E-state index in [9.17, 15) is 9.18 Å². The van der Waals surface area contributed by atoms with Gasteiger partial charge in [-0.25, -0.2) is 4.39 Å². The number of methoxy groups -OCH3 is 1. The van der Waals surface area contributed by atoms with Crippen molar-refractivity contribution in [2.75, 3.05) is 20.3 Å². The van der Waals surface area contributed by atoms with E-state index in [1.807, 2.05) is 0 Å². The highest BCUT2D eigenvalue weighted by atomic mass is 19.1. The van der Waals surface area contributed by atoms with Crippen molar-refractivity contribution in [3.63, 3.8) is 0 Å². The SMILES string of the molecule is COc1ccc(OCCNC(=O)c2ccc(C)c(F)c2)cc1. The lowest BCUT2D eigenvalue weighted by molar-refractivity contribution is 0.0946. The average Bonchev–Trinajstić information content (AvgIpc) is 2.54. The van der Waals surface area contributed by atoms with Crippen LogP contribution in [0.5, 0.6) is 11.5 Å². The highest BCUT2D eigenvalue weighted by molar-refractivity contribution is 5.94. The fraction of sp³-hybridized carbons (Fsp3) is 0.235. The number of aryl methyl sites for hydroxylation is 1. The number of ether oxygens (including phenoxy) is 2. The molecule has 116 valence electrons. The molecule has 22 heavy (non-hydrogen) atoms. The van der Waals surface area contributed by atoms with Gasteiger partial charge in [0, 0.05) is 5.56 Å². The van der Waals surface area contributed by atoms with Crippen molar-refractivity contribution < 1.29 is 18.7 Å². The molecular weight excluding hydrogens is 285 g/mol. The van der Waals surface area contributed by atoms with Gasteiger partial charge in [0.2, 0.25) is 0 Å². The van der Waals surface area contributed by atoms with Gasteiger partial charge in [-0.3, -0.25) is 4.79 Å². The van der Waals surface area contributed by atoms with Crippen LogP contribution in [0.4, 0.5) is 4.39 Å². The molecular formula is C17H18FNO3. The van der Waals surface area contributed by atoms with Crippen LogP contribution in [0, 0.1) is 12.7 Å². The van der Waals surface area contributed by atoms with E-state index < -0.39 is 0 Å². The van der Waals surface area contributed by atoms with Gasteiger partial charge < -0.3 is 14.8 Å². The molecule has 0 aromatic heterocycles. The molecule has 0 radical (unpaired) electrons. The largest absolute Gasteiger partial charge is 0.497 e. The Hall–Kier alpha value is -2.56. The summed E-state index contributed by atoms with van der Waals surface area (Å²) in [5.74, 6) is 0.734. The van der Waals surface area contributed by atoms with Crippen molar-refractivity contribution in [1.82, 2.24) is 5.32 Å². The quantitative estimate of drug-likeness (QED) is 0.835. The van der Waals surface area contributed by atoms with Crippen LogP contribution in [0.15, 0.2) is 42.5 Å². The van der Waals surface area contributed by atoms with Gasteiger partial charge in [-0.05, 0) is 48.9 Å². The molecule has 2 aromatic rings. The third-order valence-electron chi connectivity index (χ3n) is 3.15. The zero-order chi connectivity index (χ0) is 15.9. The molecule has 2 rings (SSSR count). The molecule has 0 fully saturated rings. The van der Waals surface area contributed by atoms with Crippen molar-refractivity contribution in [2.24, 2.45) is 0 Å². The minimum atomic E-state index is -0.387. The molecule has 1 N–H and O–H groups in total. The second-order valence-electron chi connectivity index (χ2n) is 4.74. The van der Waals surface area contributed by atoms with Crippen LogP contribution in [0.2, 0.25) is 0 Å². The van der Waals surface area contributed by atoms with E-state index >= 15 is 0 Å². The summed E-state index contributed by atoms with van der Waals surface area (Å²) in [6.45, 7) is 2.31. The number of carbonyl (C=O) groups is 1. The van der Waals surface area contributed by atoms with Gasteiger partial charge in [-0.1, -0.05) is 6.07 Å². The lowest BCUT2D eigenvalue weighted by Gasteiger charge is -2.09. The molecule has 0 aliphatic heterocycles. The molecule has 1 amide bonds. The highest BCUT2D eigenvalue weighted by Crippen LogP contribution is 2.16. The lowest BCUT2D eigenvalue weighted by Crippen LogP contribution is -2.28. The van der Waals surface area contributed by atoms with Gasteiger partial charge in [0.25, 0.3) is 5.91 Å². The van der Waals surface area contributed by atoms with Gasteiger partial charge in [0.15, 0.2) is 0 Å². The number of carbonyl (C=O) groups excluding carboxylic acids is 1. The molecule has 0 saturated carbocycles. The molecule has 0 spiro atoms. The van der Waals surface area contributed by atoms with Gasteiger partial charge >= 0.3 is 0 Å². The van der Waals surface area contributed by atoms with E-state index in [2.05, 4.69) is 5.32 Å². The van der Waals surface area contributed by atoms with Crippen molar-refractivity contribution in [3.8, 4) is 11.5 Å². The Labute approximate surface area is 128 Å². The Morgan fingerprint density at radius 2 is 1.82 bits per heavy atom. The summed E-state index contributed by atoms with van der Waals surface area (Å²) in [4.78, 5) is 11.9. The molecule has 0 unspecified atom stereocenters. The van der Waals surface area contributed by atoms with Crippen molar-refractivity contribution in [1.29, 1.82) is 0 Å². The molecule has 4 nitrogen and oxygen atoms in total. The second-order valence-corrected chi connectivity index (χ2v) is 4.74. The van der Waals surface area contributed by atoms with Gasteiger partial charge in [-0.2, -0.15) is 0 Å². The maximum absolute atomic E-state index is 13.4. The second kappa shape index (κ2) is 7.45. The smallest absolute Gasteiger partial charge is 0.251 e. The summed E-state index contributed by atoms with van der Waals surface area (Å²) in [5.41, 5.74) is 0.812. The molecule has 0 aliphatic carbocycles. The van der Waals surface area contributed by atoms with Gasteiger partial charge in [0.1, 0.15) is 23.9 Å². The summed E-state index contributed by atoms with van der Waals surface area (Å²) in [5, 5.41) is 2.68. The minimum absolute atomic E-state index is 0.299. The molecule has 0 bridgehead atoms. The van der Waals surface area contributed by atoms with E-state index in [4.69, 9.17) is 9.47 Å². The minimum Gasteiger partial charge on any atom is -0.497 e. The van der Waals surface area contributed by atoms with Gasteiger partial charge in [-0.15, -0.1) is 0 Å². The highest BCUT2D eigenvalue weighted by Gasteiger charge is 2.07. The van der Waals surface area contributed by atoms with E-state index in [-0.39, 0.29) is 11.7 Å². The molecule has 2 aromatic carbocycles. The number of nitrogens with one attached hydrogen (secondary N) is 1. The zero-order valence-electron chi connectivity index (χ0n) is 12.6. The monoisotopic (exact) mass is 303 g/mol. The fourth-order valence-electron chi connectivity index (χ4n) is 1.84. The number of amides is 1. The van der Waals surface area contributed by atoms with E-state index in [0.29, 0.717) is 30.0 Å². The van der Waals surface area contributed by atoms with Crippen LogP contribution in [0.1, 0.15) is 15.9 Å². The van der Waals surface area contributed by atoms with Crippen LogP contribution < -0.4 is 14.8 Å². The number of halogens is 1. The molecule has 5 heteroatoms. The van der Waals surface area contributed by atoms with Gasteiger partial charge in [0.05, 0.1) is 13.7 Å². The third kappa shape index (κ3) is 4.22. The first-order chi connectivity index (χ1) is 10.6. The van der Waals surface area contributed by atoms with Crippen LogP contribution in [0.25, 0.3) is 0 Å². The predicted octanol–water partition coefficient (Wildman–Crippen LogP) is 2.95. The summed E-state index contributed by atoms with van der Waals surface area (Å²) >= 11 is 0. The zero-order valence-corrected chi connectivity index (χ0v) is 12.6. The summed E-state index contributed by atoms with van der Waals surface area (Å²) in [6, 6.07) is 11.6. The summed E-state index contributed by atoms with van der Waals surface area (Å²) in [7, 11) is 1.60. The predicted molar refractivity (Wildman–Crippen MR) is 82.0 cm³/mol. The van der Waals surface area contributed by atoms with E-state index in [1.165, 1.54) is 6.07 Å². The number of hydrogen-bond acceptors (Lipinski definition) is 3. The summed E-state index contributed by atoms with van der Waals surface area (Å²) in [6.07, 6.45) is 0. The van der Waals surface area contributed by atoms with Crippen LogP contribution in [-0.2, 0) is 0 Å². The Bertz CT molecular complexity index is 641. The number of benzene rings is 2. The number of hydrogen-bond donors (Lipinski definition) is 1. The average molecular weight is 303 g/mol. The Kier molecular flexibility index (Phi) is 5.36. The standard InChI is InChI=1S/C17H18FNO3/c1-12-3-4-13(11-16(12)18)17(20)19-9-10-22-15-7-5-14(21-2)6-8-15/h3-8,11H,9-10H2,1-2H3,(H,19,20). The molecule has 0 atom stereocenters. The Balaban J connectivity index is 1.77. The van der Waals surface area contributed by atoms with E-state index in [1.54, 1.807) is 50.4 Å². The van der Waals surface area contributed by atoms with Crippen LogP contribution in [0.3, 0.4) is 0 Å². The fourth-order valence-corrected chi connectivity index (χ4v) is 1.84. The number of rotatable bonds is 6. The molecule has 0 saturated heterocycles. The Morgan fingerprint density at radius 3 is 2.45 bits per heavy atom. The topological polar surface area (TPSA) is 47.6 Å². The van der Waals surface area contributed by atoms with Crippen molar-refractivity contribution in [2.45, 2.75) is 6.92 Å². The molecule has 0 heterocycles. The van der Waals surface area contributed by atoms with Crippen molar-refractivity contribution >= 4 is 5.91 Å². The summed E-state index contributed by atoms with van der Waals surface area (Å²) < 4.78 is 23.9. The Morgan fingerprint density at radius 1 is 1.14 bits per heavy atom. The first-order valence-corrected chi connectivity index (χ1v) is 6.91. The first kappa shape index (κ1) is 15.8. The normalized spacial score (nSPS) is 10.1. The third-order valence-corrected chi connectivity index (χ3v) is 3.15. The molecule has 0 aliphatic rings.